The van der Waals surface area contributed by atoms with E-state index in [0.717, 1.165) is 22.5 Å². The van der Waals surface area contributed by atoms with E-state index in [4.69, 9.17) is 20.9 Å². The van der Waals surface area contributed by atoms with Crippen LogP contribution in [0.1, 0.15) is 5.69 Å². The highest BCUT2D eigenvalue weighted by Crippen LogP contribution is 2.32. The molecule has 0 saturated heterocycles. The van der Waals surface area contributed by atoms with Crippen molar-refractivity contribution >= 4 is 11.4 Å². The fourth-order valence-electron chi connectivity index (χ4n) is 3.06. The molecule has 7 nitrogen and oxygen atoms in total. The van der Waals surface area contributed by atoms with Gasteiger partial charge in [0.2, 0.25) is 0 Å². The Morgan fingerprint density at radius 1 is 0.774 bits per heavy atom. The van der Waals surface area contributed by atoms with Crippen molar-refractivity contribution in [3.05, 3.63) is 88.8 Å². The summed E-state index contributed by atoms with van der Waals surface area (Å²) in [4.78, 5) is 11.4. The van der Waals surface area contributed by atoms with Crippen LogP contribution in [0.4, 0.5) is 11.4 Å². The van der Waals surface area contributed by atoms with Gasteiger partial charge in [0.15, 0.2) is 0 Å². The largest absolute Gasteiger partial charge is 0.495 e. The highest BCUT2D eigenvalue weighted by Gasteiger charge is 2.06. The Kier molecular flexibility index (Phi) is 6.67. The van der Waals surface area contributed by atoms with E-state index in [1.165, 1.54) is 4.68 Å². The van der Waals surface area contributed by atoms with Crippen molar-refractivity contribution in [2.24, 2.45) is 0 Å². The highest BCUT2D eigenvalue weighted by atomic mass is 16.5. The molecule has 0 amide bonds. The van der Waals surface area contributed by atoms with Gasteiger partial charge < -0.3 is 20.9 Å². The topological polar surface area (TPSA) is 108 Å². The van der Waals surface area contributed by atoms with Crippen LogP contribution in [0.15, 0.2) is 77.6 Å². The molecule has 0 saturated carbocycles. The second-order valence-electron chi connectivity index (χ2n) is 6.86. The number of nitrogens with one attached hydrogen (secondary N) is 1. The Balaban J connectivity index is 0.000000185. The monoisotopic (exact) mass is 418 g/mol. The van der Waals surface area contributed by atoms with E-state index in [2.05, 4.69) is 5.10 Å². The van der Waals surface area contributed by atoms with Gasteiger partial charge in [-0.25, -0.2) is 4.68 Å². The summed E-state index contributed by atoms with van der Waals surface area (Å²) in [6, 6.07) is 22.3. The van der Waals surface area contributed by atoms with E-state index < -0.39 is 0 Å². The third kappa shape index (κ3) is 5.08. The van der Waals surface area contributed by atoms with Crippen LogP contribution in [0.5, 0.6) is 11.5 Å². The number of para-hydroxylation sites is 1. The van der Waals surface area contributed by atoms with Crippen molar-refractivity contribution in [1.82, 2.24) is 9.78 Å². The minimum Gasteiger partial charge on any atom is -0.495 e. The summed E-state index contributed by atoms with van der Waals surface area (Å²) in [7, 11) is 3.19. The van der Waals surface area contributed by atoms with E-state index in [-0.39, 0.29) is 5.56 Å². The summed E-state index contributed by atoms with van der Waals surface area (Å²) < 4.78 is 11.9. The Morgan fingerprint density at radius 3 is 1.71 bits per heavy atom. The summed E-state index contributed by atoms with van der Waals surface area (Å²) in [5, 5.41) is 2.96. The zero-order chi connectivity index (χ0) is 22.4. The summed E-state index contributed by atoms with van der Waals surface area (Å²) in [5.74, 6) is 1.31. The molecule has 0 unspecified atom stereocenters. The van der Waals surface area contributed by atoms with Gasteiger partial charge in [-0.3, -0.25) is 9.89 Å². The maximum Gasteiger partial charge on any atom is 0.271 e. The van der Waals surface area contributed by atoms with Gasteiger partial charge in [-0.15, -0.1) is 0 Å². The normalized spacial score (nSPS) is 10.2. The third-order valence-electron chi connectivity index (χ3n) is 4.66. The smallest absolute Gasteiger partial charge is 0.271 e. The molecule has 0 bridgehead atoms. The van der Waals surface area contributed by atoms with Crippen molar-refractivity contribution in [2.75, 3.05) is 25.7 Å². The van der Waals surface area contributed by atoms with Gasteiger partial charge in [-0.2, -0.15) is 0 Å². The average Bonchev–Trinajstić information content (AvgIpc) is 3.13. The molecule has 1 heterocycles. The van der Waals surface area contributed by atoms with Crippen molar-refractivity contribution in [2.45, 2.75) is 6.92 Å². The first kappa shape index (κ1) is 21.6. The van der Waals surface area contributed by atoms with Crippen LogP contribution in [-0.2, 0) is 0 Å². The Bertz CT molecular complexity index is 1160. The molecule has 0 spiro atoms. The van der Waals surface area contributed by atoms with E-state index in [0.29, 0.717) is 22.9 Å². The number of benzene rings is 3. The fraction of sp³-hybridized carbons (Fsp3) is 0.125. The molecule has 0 aliphatic carbocycles. The molecule has 0 fully saturated rings. The minimum absolute atomic E-state index is 0.0244. The minimum atomic E-state index is -0.0244. The van der Waals surface area contributed by atoms with E-state index in [9.17, 15) is 4.79 Å². The lowest BCUT2D eigenvalue weighted by atomic mass is 10.0. The van der Waals surface area contributed by atoms with Crippen LogP contribution in [0, 0.1) is 6.92 Å². The second kappa shape index (κ2) is 9.58. The molecule has 0 aliphatic heterocycles. The van der Waals surface area contributed by atoms with Crippen LogP contribution in [0.2, 0.25) is 0 Å². The average molecular weight is 418 g/mol. The number of rotatable bonds is 4. The first-order valence-electron chi connectivity index (χ1n) is 9.64. The zero-order valence-electron chi connectivity index (χ0n) is 17.8. The lowest BCUT2D eigenvalue weighted by molar-refractivity contribution is 0.416. The van der Waals surface area contributed by atoms with Crippen LogP contribution in [-0.4, -0.2) is 24.0 Å². The number of aromatic nitrogens is 2. The van der Waals surface area contributed by atoms with Crippen LogP contribution < -0.4 is 26.5 Å². The van der Waals surface area contributed by atoms with Crippen molar-refractivity contribution in [3.63, 3.8) is 0 Å². The molecule has 4 rings (SSSR count). The van der Waals surface area contributed by atoms with Crippen molar-refractivity contribution in [1.29, 1.82) is 0 Å². The molecular formula is C24H26N4O3. The van der Waals surface area contributed by atoms with Crippen molar-refractivity contribution in [3.8, 4) is 28.3 Å². The van der Waals surface area contributed by atoms with Gasteiger partial charge in [0.05, 0.1) is 31.3 Å². The van der Waals surface area contributed by atoms with E-state index in [1.807, 2.05) is 73.7 Å². The van der Waals surface area contributed by atoms with Crippen molar-refractivity contribution < 1.29 is 9.47 Å². The lowest BCUT2D eigenvalue weighted by Gasteiger charge is -2.10. The van der Waals surface area contributed by atoms with Gasteiger partial charge in [-0.05, 0) is 54.4 Å². The van der Waals surface area contributed by atoms with E-state index in [1.54, 1.807) is 20.3 Å². The van der Waals surface area contributed by atoms with Gasteiger partial charge in [0.1, 0.15) is 11.5 Å². The zero-order valence-corrected chi connectivity index (χ0v) is 17.8. The SMILES string of the molecule is COc1cc(-c2ccc(N)c(OC)c2)ccc1N.Cc1cc(=O)n(-c2ccccc2)[nH]1. The molecule has 0 aliphatic rings. The molecule has 5 N–H and O–H groups in total. The number of nitrogen functional groups attached to an aromatic ring is 2. The number of nitrogens with two attached hydrogens (primary N) is 2. The number of anilines is 2. The van der Waals surface area contributed by atoms with Crippen LogP contribution >= 0.6 is 0 Å². The predicted molar refractivity (Wildman–Crippen MR) is 125 cm³/mol. The number of aryl methyl sites for hydroxylation is 1. The number of H-pyrrole nitrogens is 1. The van der Waals surface area contributed by atoms with Gasteiger partial charge in [0.25, 0.3) is 5.56 Å². The molecule has 31 heavy (non-hydrogen) atoms. The number of aromatic amines is 1. The fourth-order valence-corrected chi connectivity index (χ4v) is 3.06. The molecule has 7 heteroatoms. The third-order valence-corrected chi connectivity index (χ3v) is 4.66. The molecule has 3 aromatic carbocycles. The summed E-state index contributed by atoms with van der Waals surface area (Å²) in [5.41, 5.74) is 16.5. The molecule has 0 radical (unpaired) electrons. The Morgan fingerprint density at radius 2 is 1.29 bits per heavy atom. The number of methoxy groups -OCH3 is 2. The summed E-state index contributed by atoms with van der Waals surface area (Å²) in [6.45, 7) is 1.86. The molecule has 160 valence electrons. The maximum absolute atomic E-state index is 11.4. The number of hydrogen-bond acceptors (Lipinski definition) is 5. The maximum atomic E-state index is 11.4. The lowest BCUT2D eigenvalue weighted by Crippen LogP contribution is -2.12. The number of hydrogen-bond donors (Lipinski definition) is 3. The Hall–Kier alpha value is -4.13. The van der Waals surface area contributed by atoms with Gasteiger partial charge in [-0.1, -0.05) is 30.3 Å². The summed E-state index contributed by atoms with van der Waals surface area (Å²) >= 11 is 0. The number of ether oxygens (including phenoxy) is 2. The van der Waals surface area contributed by atoms with E-state index >= 15 is 0 Å². The summed E-state index contributed by atoms with van der Waals surface area (Å²) in [6.07, 6.45) is 0. The highest BCUT2D eigenvalue weighted by molar-refractivity contribution is 5.73. The molecule has 1 aromatic heterocycles. The molecule has 0 atom stereocenters. The first-order valence-corrected chi connectivity index (χ1v) is 9.64. The van der Waals surface area contributed by atoms with Gasteiger partial charge >= 0.3 is 0 Å². The standard InChI is InChI=1S/C14H16N2O2.C10H10N2O/c1-17-13-7-9(3-5-11(13)15)10-4-6-12(16)14(8-10)18-2;1-8-7-10(13)12(11-8)9-5-3-2-4-6-9/h3-8H,15-16H2,1-2H3;2-7,11H,1H3. The van der Waals surface area contributed by atoms with Gasteiger partial charge in [0, 0.05) is 11.8 Å². The Labute approximate surface area is 180 Å². The van der Waals surface area contributed by atoms with Crippen LogP contribution in [0.3, 0.4) is 0 Å². The predicted octanol–water partition coefficient (Wildman–Crippen LogP) is 4.01. The first-order chi connectivity index (χ1) is 14.9. The number of nitrogens with zero attached hydrogens (tertiary/aromatic N) is 1. The van der Waals surface area contributed by atoms with Crippen LogP contribution in [0.25, 0.3) is 16.8 Å². The molecule has 4 aromatic rings. The molecular weight excluding hydrogens is 392 g/mol. The second-order valence-corrected chi connectivity index (χ2v) is 6.86. The quantitative estimate of drug-likeness (QED) is 0.434.